The van der Waals surface area contributed by atoms with Gasteiger partial charge in [0.1, 0.15) is 0 Å². The molecule has 0 radical (unpaired) electrons. The summed E-state index contributed by atoms with van der Waals surface area (Å²) in [7, 11) is 0. The Kier molecular flexibility index (Phi) is 6.32. The Morgan fingerprint density at radius 1 is 1.07 bits per heavy atom. The van der Waals surface area contributed by atoms with Crippen LogP contribution in [0.25, 0.3) is 16.8 Å². The summed E-state index contributed by atoms with van der Waals surface area (Å²) < 4.78 is 0.921. The van der Waals surface area contributed by atoms with Crippen LogP contribution in [0.5, 0.6) is 0 Å². The van der Waals surface area contributed by atoms with Crippen molar-refractivity contribution in [2.24, 2.45) is 5.73 Å². The van der Waals surface area contributed by atoms with Gasteiger partial charge < -0.3 is 16.0 Å². The lowest BCUT2D eigenvalue weighted by Crippen LogP contribution is -2.06. The van der Waals surface area contributed by atoms with Gasteiger partial charge in [-0.2, -0.15) is 0 Å². The first-order chi connectivity index (χ1) is 13.5. The third-order valence-electron chi connectivity index (χ3n) is 5.04. The summed E-state index contributed by atoms with van der Waals surface area (Å²) in [5, 5.41) is 3.49. The van der Waals surface area contributed by atoms with E-state index < -0.39 is 0 Å². The Morgan fingerprint density at radius 2 is 1.68 bits per heavy atom. The van der Waals surface area contributed by atoms with Gasteiger partial charge in [0.05, 0.1) is 6.54 Å². The van der Waals surface area contributed by atoms with Crippen LogP contribution in [0.1, 0.15) is 36.4 Å². The number of allylic oxidation sites excluding steroid dienone is 1. The summed E-state index contributed by atoms with van der Waals surface area (Å²) >= 11 is 5.47. The summed E-state index contributed by atoms with van der Waals surface area (Å²) in [6.07, 6.45) is 2.86. The molecule has 0 spiro atoms. The van der Waals surface area contributed by atoms with E-state index in [0.29, 0.717) is 0 Å². The second-order valence-electron chi connectivity index (χ2n) is 6.87. The van der Waals surface area contributed by atoms with E-state index in [1.807, 2.05) is 13.0 Å². The molecule has 3 rings (SSSR count). The molecular weight excluding hydrogens is 362 g/mol. The van der Waals surface area contributed by atoms with Crippen molar-refractivity contribution in [3.63, 3.8) is 0 Å². The summed E-state index contributed by atoms with van der Waals surface area (Å²) in [5.41, 5.74) is 14.7. The van der Waals surface area contributed by atoms with E-state index in [1.54, 1.807) is 0 Å². The van der Waals surface area contributed by atoms with E-state index in [4.69, 9.17) is 18.0 Å². The van der Waals surface area contributed by atoms with Gasteiger partial charge in [-0.15, -0.1) is 0 Å². The molecule has 0 bridgehead atoms. The van der Waals surface area contributed by atoms with Gasteiger partial charge in [-0.05, 0) is 60.7 Å². The Hall–Kier alpha value is -2.85. The number of benzene rings is 2. The molecule has 144 valence electrons. The first-order valence-corrected chi connectivity index (χ1v) is 10.0. The fourth-order valence-electron chi connectivity index (χ4n) is 3.10. The molecule has 4 heteroatoms. The van der Waals surface area contributed by atoms with Crippen LogP contribution in [0.15, 0.2) is 60.7 Å². The molecule has 0 aliphatic heterocycles. The molecule has 3 aromatic rings. The number of nitrogens with two attached hydrogens (primary N) is 1. The van der Waals surface area contributed by atoms with Crippen LogP contribution in [0.3, 0.4) is 0 Å². The molecule has 0 aliphatic rings. The van der Waals surface area contributed by atoms with Crippen molar-refractivity contribution in [3.8, 4) is 11.1 Å². The highest BCUT2D eigenvalue weighted by molar-refractivity contribution is 7.71. The van der Waals surface area contributed by atoms with Crippen molar-refractivity contribution in [1.29, 1.82) is 0 Å². The topological polar surface area (TPSA) is 53.8 Å². The first kappa shape index (κ1) is 19.9. The van der Waals surface area contributed by atoms with Gasteiger partial charge in [-0.3, -0.25) is 0 Å². The maximum atomic E-state index is 5.97. The molecule has 4 N–H and O–H groups in total. The number of anilines is 1. The number of pyridine rings is 1. The van der Waals surface area contributed by atoms with Crippen molar-refractivity contribution >= 4 is 23.6 Å². The van der Waals surface area contributed by atoms with Gasteiger partial charge in [0.2, 0.25) is 0 Å². The van der Waals surface area contributed by atoms with E-state index in [0.717, 1.165) is 45.7 Å². The number of aromatic nitrogens is 1. The predicted molar refractivity (Wildman–Crippen MR) is 123 cm³/mol. The fourth-order valence-corrected chi connectivity index (χ4v) is 3.36. The number of hydrogen-bond acceptors (Lipinski definition) is 3. The van der Waals surface area contributed by atoms with E-state index in [1.165, 1.54) is 16.8 Å². The summed E-state index contributed by atoms with van der Waals surface area (Å²) in [5.74, 6) is 0. The normalized spacial score (nSPS) is 11.5. The van der Waals surface area contributed by atoms with E-state index in [9.17, 15) is 0 Å². The lowest BCUT2D eigenvalue weighted by Gasteiger charge is -2.12. The molecule has 0 atom stereocenters. The molecule has 0 saturated heterocycles. The van der Waals surface area contributed by atoms with E-state index in [-0.39, 0.29) is 0 Å². The maximum absolute atomic E-state index is 5.97. The fraction of sp³-hybridized carbons (Fsp3) is 0.208. The van der Waals surface area contributed by atoms with Crippen LogP contribution in [0.4, 0.5) is 5.69 Å². The van der Waals surface area contributed by atoms with Crippen LogP contribution in [0, 0.1) is 11.4 Å². The van der Waals surface area contributed by atoms with Crippen LogP contribution in [-0.4, -0.2) is 4.98 Å². The molecule has 3 nitrogen and oxygen atoms in total. The van der Waals surface area contributed by atoms with Crippen LogP contribution >= 0.6 is 12.2 Å². The monoisotopic (exact) mass is 389 g/mol. The number of H-pyrrole nitrogens is 1. The molecule has 2 aromatic carbocycles. The average molecular weight is 390 g/mol. The van der Waals surface area contributed by atoms with Crippen molar-refractivity contribution < 1.29 is 0 Å². The standard InChI is InChI=1S/C24H27N3S/c1-4-20-14-24(28)16(3)23(27-20)15-26-21-12-10-18(11-13-21)17-6-8-19(9-7-17)22(25)5-2/h5-14,26H,4,15,25H2,1-3H3,(H,27,28). The van der Waals surface area contributed by atoms with Gasteiger partial charge >= 0.3 is 0 Å². The zero-order chi connectivity index (χ0) is 20.1. The van der Waals surface area contributed by atoms with Crippen LogP contribution < -0.4 is 11.1 Å². The quantitative estimate of drug-likeness (QED) is 0.439. The maximum Gasteiger partial charge on any atom is 0.0554 e. The third kappa shape index (κ3) is 4.52. The van der Waals surface area contributed by atoms with Gasteiger partial charge in [-0.25, -0.2) is 0 Å². The summed E-state index contributed by atoms with van der Waals surface area (Å²) in [4.78, 5) is 3.49. The van der Waals surface area contributed by atoms with Crippen molar-refractivity contribution in [3.05, 3.63) is 87.7 Å². The van der Waals surface area contributed by atoms with Gasteiger partial charge in [0.15, 0.2) is 0 Å². The third-order valence-corrected chi connectivity index (χ3v) is 5.46. The molecule has 0 saturated carbocycles. The van der Waals surface area contributed by atoms with Gasteiger partial charge in [0.25, 0.3) is 0 Å². The largest absolute Gasteiger partial charge is 0.399 e. The van der Waals surface area contributed by atoms with Gasteiger partial charge in [-0.1, -0.05) is 61.6 Å². The minimum absolute atomic E-state index is 0.722. The van der Waals surface area contributed by atoms with Gasteiger partial charge in [0, 0.05) is 27.3 Å². The number of hydrogen-bond donors (Lipinski definition) is 3. The second-order valence-corrected chi connectivity index (χ2v) is 7.31. The number of rotatable bonds is 6. The minimum atomic E-state index is 0.722. The Morgan fingerprint density at radius 3 is 2.25 bits per heavy atom. The number of aromatic amines is 1. The van der Waals surface area contributed by atoms with E-state index in [2.05, 4.69) is 78.7 Å². The Balaban J connectivity index is 1.72. The zero-order valence-corrected chi connectivity index (χ0v) is 17.5. The predicted octanol–water partition coefficient (Wildman–Crippen LogP) is 6.21. The van der Waals surface area contributed by atoms with E-state index >= 15 is 0 Å². The molecular formula is C24H27N3S. The number of aryl methyl sites for hydroxylation is 1. The lowest BCUT2D eigenvalue weighted by atomic mass is 10.0. The van der Waals surface area contributed by atoms with Crippen LogP contribution in [0.2, 0.25) is 0 Å². The SMILES string of the molecule is CC=C(N)c1ccc(-c2ccc(NCc3[nH]c(CC)cc(=S)c3C)cc2)cc1. The second kappa shape index (κ2) is 8.89. The Labute approximate surface area is 172 Å². The van der Waals surface area contributed by atoms with Crippen molar-refractivity contribution in [1.82, 2.24) is 4.98 Å². The average Bonchev–Trinajstić information content (AvgIpc) is 2.74. The lowest BCUT2D eigenvalue weighted by molar-refractivity contribution is 0.940. The molecule has 0 amide bonds. The molecule has 0 aliphatic carbocycles. The molecule has 0 fully saturated rings. The minimum Gasteiger partial charge on any atom is -0.399 e. The molecule has 1 aromatic heterocycles. The summed E-state index contributed by atoms with van der Waals surface area (Å²) in [6.45, 7) is 6.87. The zero-order valence-electron chi connectivity index (χ0n) is 16.7. The van der Waals surface area contributed by atoms with Crippen LogP contribution in [-0.2, 0) is 13.0 Å². The van der Waals surface area contributed by atoms with Crippen molar-refractivity contribution in [2.75, 3.05) is 5.32 Å². The molecule has 0 unspecified atom stereocenters. The van der Waals surface area contributed by atoms with Crippen molar-refractivity contribution in [2.45, 2.75) is 33.7 Å². The molecule has 28 heavy (non-hydrogen) atoms. The molecule has 1 heterocycles. The summed E-state index contributed by atoms with van der Waals surface area (Å²) in [6, 6.07) is 18.9. The number of nitrogens with one attached hydrogen (secondary N) is 2. The smallest absolute Gasteiger partial charge is 0.0554 e. The highest BCUT2D eigenvalue weighted by atomic mass is 32.1. The Bertz CT molecular complexity index is 1030. The highest BCUT2D eigenvalue weighted by Crippen LogP contribution is 2.23. The first-order valence-electron chi connectivity index (χ1n) is 9.60. The highest BCUT2D eigenvalue weighted by Gasteiger charge is 2.04.